The molecule has 0 N–H and O–H groups in total. The molecule has 4 nitrogen and oxygen atoms in total. The van der Waals surface area contributed by atoms with E-state index in [1.54, 1.807) is 0 Å². The Labute approximate surface area is 112 Å². The fraction of sp³-hybridized carbons (Fsp3) is 0.600. The van der Waals surface area contributed by atoms with Crippen LogP contribution in [0.2, 0.25) is 0 Å². The fourth-order valence-corrected chi connectivity index (χ4v) is 0.927. The van der Waals surface area contributed by atoms with Crippen molar-refractivity contribution >= 4 is 11.8 Å². The molecule has 0 spiro atoms. The van der Waals surface area contributed by atoms with E-state index in [1.807, 2.05) is 6.92 Å². The van der Waals surface area contributed by atoms with Crippen molar-refractivity contribution in [2.24, 2.45) is 0 Å². The van der Waals surface area contributed by atoms with Gasteiger partial charge >= 0.3 is 35.5 Å². The predicted molar refractivity (Wildman–Crippen MR) is 49.2 cm³/mol. The molecule has 0 aromatic rings. The zero-order valence-electron chi connectivity index (χ0n) is 9.54. The van der Waals surface area contributed by atoms with Crippen molar-refractivity contribution in [3.8, 4) is 0 Å². The summed E-state index contributed by atoms with van der Waals surface area (Å²) in [7, 11) is 1.11. The molecule has 0 bridgehead atoms. The van der Waals surface area contributed by atoms with Crippen LogP contribution in [0, 0.1) is 0 Å². The minimum absolute atomic E-state index is 0. The Morgan fingerprint density at radius 1 is 1.33 bits per heavy atom. The van der Waals surface area contributed by atoms with Crippen LogP contribution < -0.4 is 34.7 Å². The van der Waals surface area contributed by atoms with Gasteiger partial charge in [-0.3, -0.25) is 4.79 Å². The minimum atomic E-state index is -0.992. The molecule has 0 rings (SSSR count). The second kappa shape index (κ2) is 10.2. The molecule has 0 fully saturated rings. The van der Waals surface area contributed by atoms with Crippen molar-refractivity contribution in [1.29, 1.82) is 0 Å². The van der Waals surface area contributed by atoms with E-state index in [1.165, 1.54) is 0 Å². The smallest absolute Gasteiger partial charge is 0.868 e. The summed E-state index contributed by atoms with van der Waals surface area (Å²) in [6, 6.07) is 0. The molecule has 0 radical (unpaired) electrons. The maximum Gasteiger partial charge on any atom is 1.00 e. The minimum Gasteiger partial charge on any atom is -0.868 e. The molecule has 0 aliphatic carbocycles. The number of carbonyl (C=O) groups excluding carboxylic acids is 2. The van der Waals surface area contributed by atoms with Crippen molar-refractivity contribution in [1.82, 2.24) is 0 Å². The molecular weight excluding hydrogens is 207 g/mol. The van der Waals surface area contributed by atoms with Gasteiger partial charge in [-0.1, -0.05) is 19.8 Å². The van der Waals surface area contributed by atoms with Crippen LogP contribution in [0.3, 0.4) is 0 Å². The summed E-state index contributed by atoms with van der Waals surface area (Å²) < 4.78 is 4.17. The molecule has 0 atom stereocenters. The third-order valence-corrected chi connectivity index (χ3v) is 1.71. The number of hydrogen-bond acceptors (Lipinski definition) is 4. The summed E-state index contributed by atoms with van der Waals surface area (Å²) in [6.07, 6.45) is 3.84. The molecule has 0 aliphatic rings. The van der Waals surface area contributed by atoms with Gasteiger partial charge in [-0.05, 0) is 18.3 Å². The summed E-state index contributed by atoms with van der Waals surface area (Å²) in [5.41, 5.74) is 0. The number of unbranched alkanes of at least 4 members (excludes halogenated alkanes) is 2. The second-order valence-corrected chi connectivity index (χ2v) is 2.92. The first-order valence-corrected chi connectivity index (χ1v) is 4.61. The fourth-order valence-electron chi connectivity index (χ4n) is 0.927. The van der Waals surface area contributed by atoms with E-state index >= 15 is 0 Å². The van der Waals surface area contributed by atoms with Gasteiger partial charge in [0.2, 0.25) is 0 Å². The molecule has 0 aromatic heterocycles. The Hall–Kier alpha value is -0.320. The van der Waals surface area contributed by atoms with Gasteiger partial charge in [0.1, 0.15) is 0 Å². The Kier molecular flexibility index (Phi) is 11.6. The summed E-state index contributed by atoms with van der Waals surface area (Å²) in [4.78, 5) is 21.7. The zero-order chi connectivity index (χ0) is 11.0. The normalized spacial score (nSPS) is 10.4. The SMILES string of the molecule is CCCCCC(=O)C=C([O-])C(=O)OC.[Na+]. The molecular formula is C10H15NaO4. The maximum absolute atomic E-state index is 11.1. The van der Waals surface area contributed by atoms with Crippen molar-refractivity contribution in [3.05, 3.63) is 11.8 Å². The number of hydrogen-bond donors (Lipinski definition) is 0. The van der Waals surface area contributed by atoms with Crippen LogP contribution >= 0.6 is 0 Å². The van der Waals surface area contributed by atoms with E-state index < -0.39 is 11.7 Å². The zero-order valence-corrected chi connectivity index (χ0v) is 11.5. The van der Waals surface area contributed by atoms with Gasteiger partial charge in [0.05, 0.1) is 7.11 Å². The van der Waals surface area contributed by atoms with Crippen LogP contribution in [0.5, 0.6) is 0 Å². The molecule has 15 heavy (non-hydrogen) atoms. The van der Waals surface area contributed by atoms with Crippen LogP contribution in [0.15, 0.2) is 11.8 Å². The third-order valence-electron chi connectivity index (χ3n) is 1.71. The second-order valence-electron chi connectivity index (χ2n) is 2.92. The van der Waals surface area contributed by atoms with Crippen LogP contribution in [-0.4, -0.2) is 18.9 Å². The first-order chi connectivity index (χ1) is 6.61. The van der Waals surface area contributed by atoms with Crippen molar-refractivity contribution in [2.75, 3.05) is 7.11 Å². The molecule has 0 aromatic carbocycles. The summed E-state index contributed by atoms with van der Waals surface area (Å²) in [6.45, 7) is 2.02. The molecule has 0 unspecified atom stereocenters. The number of allylic oxidation sites excluding steroid dienone is 1. The van der Waals surface area contributed by atoms with E-state index in [2.05, 4.69) is 4.74 Å². The topological polar surface area (TPSA) is 66.4 Å². The van der Waals surface area contributed by atoms with Gasteiger partial charge in [0, 0.05) is 6.42 Å². The molecule has 0 saturated carbocycles. The van der Waals surface area contributed by atoms with Gasteiger partial charge in [-0.2, -0.15) is 0 Å². The molecule has 80 valence electrons. The number of carbonyl (C=O) groups is 2. The maximum atomic E-state index is 11.1. The third kappa shape index (κ3) is 8.66. The summed E-state index contributed by atoms with van der Waals surface area (Å²) in [5, 5.41) is 10.9. The summed E-state index contributed by atoms with van der Waals surface area (Å²) in [5.74, 6) is -2.18. The van der Waals surface area contributed by atoms with Gasteiger partial charge in [-0.15, -0.1) is 0 Å². The quantitative estimate of drug-likeness (QED) is 0.165. The van der Waals surface area contributed by atoms with Crippen LogP contribution in [-0.2, 0) is 14.3 Å². The average molecular weight is 222 g/mol. The Morgan fingerprint density at radius 3 is 2.40 bits per heavy atom. The van der Waals surface area contributed by atoms with Crippen LogP contribution in [0.25, 0.3) is 0 Å². The van der Waals surface area contributed by atoms with Crippen molar-refractivity contribution in [3.63, 3.8) is 0 Å². The molecule has 5 heteroatoms. The first kappa shape index (κ1) is 17.1. The number of ether oxygens (including phenoxy) is 1. The van der Waals surface area contributed by atoms with E-state index in [0.29, 0.717) is 6.42 Å². The molecule has 0 heterocycles. The van der Waals surface area contributed by atoms with Crippen LogP contribution in [0.4, 0.5) is 0 Å². The predicted octanol–water partition coefficient (Wildman–Crippen LogP) is -2.44. The Balaban J connectivity index is 0. The Morgan fingerprint density at radius 2 is 1.93 bits per heavy atom. The van der Waals surface area contributed by atoms with Gasteiger partial charge < -0.3 is 9.84 Å². The Bertz CT molecular complexity index is 236. The largest absolute Gasteiger partial charge is 1.00 e. The first-order valence-electron chi connectivity index (χ1n) is 4.61. The van der Waals surface area contributed by atoms with Crippen molar-refractivity contribution < 1.29 is 49.0 Å². The number of rotatable bonds is 6. The molecule has 0 saturated heterocycles. The molecule has 0 amide bonds. The number of ketones is 1. The van der Waals surface area contributed by atoms with Gasteiger partial charge in [-0.25, -0.2) is 4.79 Å². The van der Waals surface area contributed by atoms with E-state index in [-0.39, 0.29) is 35.3 Å². The summed E-state index contributed by atoms with van der Waals surface area (Å²) >= 11 is 0. The van der Waals surface area contributed by atoms with E-state index in [4.69, 9.17) is 0 Å². The molecule has 0 aliphatic heterocycles. The number of methoxy groups -OCH3 is 1. The standard InChI is InChI=1S/C10H16O4.Na/c1-3-4-5-6-8(11)7-9(12)10(13)14-2;/h7,12H,3-6H2,1-2H3;/q;+1/p-1. The van der Waals surface area contributed by atoms with Gasteiger partial charge in [0.15, 0.2) is 5.78 Å². The monoisotopic (exact) mass is 222 g/mol. The van der Waals surface area contributed by atoms with Crippen LogP contribution in [0.1, 0.15) is 32.6 Å². The van der Waals surface area contributed by atoms with E-state index in [9.17, 15) is 14.7 Å². The average Bonchev–Trinajstić information content (AvgIpc) is 2.16. The van der Waals surface area contributed by atoms with E-state index in [0.717, 1.165) is 32.4 Å². The van der Waals surface area contributed by atoms with Crippen molar-refractivity contribution in [2.45, 2.75) is 32.6 Å². The van der Waals surface area contributed by atoms with Gasteiger partial charge in [0.25, 0.3) is 0 Å². The number of esters is 1.